The molecule has 2 aliphatic heterocycles. The average Bonchev–Trinajstić information content (AvgIpc) is 2.75. The van der Waals surface area contributed by atoms with Crippen LogP contribution in [0.1, 0.15) is 6.92 Å². The number of benzene rings is 1. The molecule has 0 saturated heterocycles. The number of nitrogens with zero attached hydrogens (tertiary/aromatic N) is 2. The molecule has 86 valence electrons. The molecule has 2 N–H and O–H groups in total. The Morgan fingerprint density at radius 3 is 2.76 bits per heavy atom. The molecule has 3 rings (SSSR count). The lowest BCUT2D eigenvalue weighted by molar-refractivity contribution is -0.134. The molecule has 0 aliphatic carbocycles. The molecule has 1 aromatic carbocycles. The number of carbonyl (C=O) groups is 1. The molecule has 0 unspecified atom stereocenters. The summed E-state index contributed by atoms with van der Waals surface area (Å²) >= 11 is 0. The van der Waals surface area contributed by atoms with Crippen LogP contribution in [0.2, 0.25) is 0 Å². The Morgan fingerprint density at radius 2 is 2.06 bits per heavy atom. The molecule has 0 bridgehead atoms. The summed E-state index contributed by atoms with van der Waals surface area (Å²) in [5.74, 6) is 0.143. The molecule has 0 amide bonds. The molecule has 0 aromatic heterocycles. The van der Waals surface area contributed by atoms with Crippen LogP contribution in [0.15, 0.2) is 40.5 Å². The predicted molar refractivity (Wildman–Crippen MR) is 62.2 cm³/mol. The van der Waals surface area contributed by atoms with Crippen LogP contribution in [0, 0.1) is 0 Å². The maximum atomic E-state index is 9.61. The van der Waals surface area contributed by atoms with Crippen molar-refractivity contribution in [2.45, 2.75) is 6.92 Å². The number of fused-ring (bicyclic) bond motifs is 2. The molecule has 2 aliphatic rings. The summed E-state index contributed by atoms with van der Waals surface area (Å²) in [6, 6.07) is 5.32. The van der Waals surface area contributed by atoms with Crippen molar-refractivity contribution in [2.24, 2.45) is 9.98 Å². The highest BCUT2D eigenvalue weighted by molar-refractivity contribution is 6.24. The zero-order chi connectivity index (χ0) is 12.4. The summed E-state index contributed by atoms with van der Waals surface area (Å²) in [4.78, 5) is 17.3. The second kappa shape index (κ2) is 4.21. The van der Waals surface area contributed by atoms with Gasteiger partial charge >= 0.3 is 0 Å². The van der Waals surface area contributed by atoms with E-state index < -0.39 is 5.97 Å². The Morgan fingerprint density at radius 1 is 1.35 bits per heavy atom. The largest absolute Gasteiger partial charge is 0.507 e. The van der Waals surface area contributed by atoms with E-state index in [0.717, 1.165) is 23.1 Å². The monoisotopic (exact) mass is 230 g/mol. The van der Waals surface area contributed by atoms with Gasteiger partial charge in [0.05, 0.1) is 10.6 Å². The second-order valence-electron chi connectivity index (χ2n) is 3.48. The van der Waals surface area contributed by atoms with Crippen LogP contribution < -0.4 is 10.6 Å². The van der Waals surface area contributed by atoms with Gasteiger partial charge in [-0.1, -0.05) is 6.07 Å². The number of rotatable bonds is 0. The summed E-state index contributed by atoms with van der Waals surface area (Å²) in [5.41, 5.74) is 0.924. The van der Waals surface area contributed by atoms with Gasteiger partial charge in [-0.2, -0.15) is 0 Å². The van der Waals surface area contributed by atoms with E-state index in [2.05, 4.69) is 9.98 Å². The highest BCUT2D eigenvalue weighted by atomic mass is 16.4. The van der Waals surface area contributed by atoms with E-state index in [9.17, 15) is 5.11 Å². The maximum absolute atomic E-state index is 9.61. The van der Waals surface area contributed by atoms with Crippen molar-refractivity contribution in [2.75, 3.05) is 0 Å². The van der Waals surface area contributed by atoms with Crippen molar-refractivity contribution in [1.29, 1.82) is 0 Å². The lowest BCUT2D eigenvalue weighted by Gasteiger charge is -1.90. The van der Waals surface area contributed by atoms with Crippen LogP contribution >= 0.6 is 0 Å². The SMILES string of the molecule is CC(=O)O.Oc1cccc2c1=C1C=CN=C1N=2. The summed E-state index contributed by atoms with van der Waals surface area (Å²) in [6.45, 7) is 1.08. The van der Waals surface area contributed by atoms with Gasteiger partial charge in [-0.05, 0) is 18.2 Å². The minimum absolute atomic E-state index is 0.271. The van der Waals surface area contributed by atoms with Gasteiger partial charge < -0.3 is 10.2 Å². The van der Waals surface area contributed by atoms with Gasteiger partial charge in [0, 0.05) is 18.7 Å². The first-order valence-corrected chi connectivity index (χ1v) is 4.95. The third-order valence-electron chi connectivity index (χ3n) is 2.20. The highest BCUT2D eigenvalue weighted by Crippen LogP contribution is 2.13. The lowest BCUT2D eigenvalue weighted by Crippen LogP contribution is -2.22. The van der Waals surface area contributed by atoms with Gasteiger partial charge in [0.1, 0.15) is 5.75 Å². The highest BCUT2D eigenvalue weighted by Gasteiger charge is 2.16. The fraction of sp³-hybridized carbons (Fsp3) is 0.0833. The van der Waals surface area contributed by atoms with Crippen LogP contribution in [0.25, 0.3) is 5.57 Å². The van der Waals surface area contributed by atoms with Gasteiger partial charge in [0.15, 0.2) is 5.84 Å². The standard InChI is InChI=1S/C10H6N2O.C2H4O2/c13-8-3-1-2-7-9(8)6-4-5-11-10(6)12-7;1-2(3)4/h1-5,13H;1H3,(H,3,4). The normalized spacial score (nSPS) is 14.2. The van der Waals surface area contributed by atoms with Crippen molar-refractivity contribution in [3.63, 3.8) is 0 Å². The number of amidine groups is 1. The van der Waals surface area contributed by atoms with Gasteiger partial charge in [-0.3, -0.25) is 4.79 Å². The van der Waals surface area contributed by atoms with Crippen molar-refractivity contribution in [1.82, 2.24) is 0 Å². The molecule has 5 heteroatoms. The third-order valence-corrected chi connectivity index (χ3v) is 2.20. The van der Waals surface area contributed by atoms with E-state index in [1.165, 1.54) is 0 Å². The molecular weight excluding hydrogens is 220 g/mol. The van der Waals surface area contributed by atoms with E-state index >= 15 is 0 Å². The van der Waals surface area contributed by atoms with Crippen LogP contribution in [0.3, 0.4) is 0 Å². The smallest absolute Gasteiger partial charge is 0.300 e. The lowest BCUT2D eigenvalue weighted by atomic mass is 10.2. The predicted octanol–water partition coefficient (Wildman–Crippen LogP) is 0.193. The molecule has 0 atom stereocenters. The van der Waals surface area contributed by atoms with E-state index in [0.29, 0.717) is 5.84 Å². The number of phenols is 1. The zero-order valence-corrected chi connectivity index (χ0v) is 9.08. The number of aliphatic imine (C=N–C) groups is 1. The second-order valence-corrected chi connectivity index (χ2v) is 3.48. The molecule has 0 radical (unpaired) electrons. The Balaban J connectivity index is 0.000000239. The average molecular weight is 230 g/mol. The molecule has 17 heavy (non-hydrogen) atoms. The number of hydrogen-bond acceptors (Lipinski definition) is 4. The fourth-order valence-electron chi connectivity index (χ4n) is 1.62. The Bertz CT molecular complexity index is 653. The topological polar surface area (TPSA) is 82.2 Å². The van der Waals surface area contributed by atoms with E-state index in [-0.39, 0.29) is 5.75 Å². The van der Waals surface area contributed by atoms with E-state index in [1.54, 1.807) is 18.3 Å². The zero-order valence-electron chi connectivity index (χ0n) is 9.08. The van der Waals surface area contributed by atoms with E-state index in [1.807, 2.05) is 12.1 Å². The first kappa shape index (κ1) is 11.1. The minimum Gasteiger partial charge on any atom is -0.507 e. The number of aromatic hydroxyl groups is 1. The summed E-state index contributed by atoms with van der Waals surface area (Å²) in [5, 5.41) is 18.6. The van der Waals surface area contributed by atoms with Crippen molar-refractivity contribution in [3.05, 3.63) is 41.1 Å². The molecule has 0 fully saturated rings. The van der Waals surface area contributed by atoms with Crippen LogP contribution in [0.4, 0.5) is 0 Å². The number of phenolic OH excluding ortho intramolecular Hbond substituents is 1. The molecule has 5 nitrogen and oxygen atoms in total. The Kier molecular flexibility index (Phi) is 2.74. The van der Waals surface area contributed by atoms with Crippen LogP contribution in [0.5, 0.6) is 5.75 Å². The van der Waals surface area contributed by atoms with Gasteiger partial charge in [0.2, 0.25) is 0 Å². The summed E-state index contributed by atoms with van der Waals surface area (Å²) in [6.07, 6.45) is 3.56. The fourth-order valence-corrected chi connectivity index (χ4v) is 1.62. The molecule has 1 aromatic rings. The first-order valence-electron chi connectivity index (χ1n) is 4.95. The van der Waals surface area contributed by atoms with Crippen LogP contribution in [-0.2, 0) is 4.79 Å². The van der Waals surface area contributed by atoms with Crippen LogP contribution in [-0.4, -0.2) is 22.0 Å². The Labute approximate surface area is 96.8 Å². The number of aliphatic carboxylic acids is 1. The van der Waals surface area contributed by atoms with Crippen molar-refractivity contribution >= 4 is 17.4 Å². The van der Waals surface area contributed by atoms with E-state index in [4.69, 9.17) is 9.90 Å². The number of carboxylic acid groups (broad SMARTS) is 1. The van der Waals surface area contributed by atoms with Gasteiger partial charge in [0.25, 0.3) is 5.97 Å². The van der Waals surface area contributed by atoms with Crippen molar-refractivity contribution in [3.8, 4) is 5.75 Å². The quantitative estimate of drug-likeness (QED) is 0.667. The van der Waals surface area contributed by atoms with Gasteiger partial charge in [-0.25, -0.2) is 9.98 Å². The Hall–Kier alpha value is -2.43. The third kappa shape index (κ3) is 2.08. The maximum Gasteiger partial charge on any atom is 0.300 e. The number of hydrogen-bond donors (Lipinski definition) is 2. The molecular formula is C12H10N2O3. The molecule has 0 saturated carbocycles. The summed E-state index contributed by atoms with van der Waals surface area (Å²) in [7, 11) is 0. The molecule has 2 heterocycles. The number of carboxylic acids is 1. The molecule has 0 spiro atoms. The minimum atomic E-state index is -0.833. The van der Waals surface area contributed by atoms with Gasteiger partial charge in [-0.15, -0.1) is 0 Å². The first-order chi connectivity index (χ1) is 8.09. The van der Waals surface area contributed by atoms with Crippen molar-refractivity contribution < 1.29 is 15.0 Å². The summed E-state index contributed by atoms with van der Waals surface area (Å²) < 4.78 is 0.